The van der Waals surface area contributed by atoms with E-state index in [-0.39, 0.29) is 11.3 Å². The van der Waals surface area contributed by atoms with Gasteiger partial charge in [-0.05, 0) is 95.5 Å². The number of fused-ring (bicyclic) bond motifs is 1. The first-order chi connectivity index (χ1) is 14.0. The average molecular weight is 405 g/mol. The SMILES string of the molecule is Cc1ccc(O)cc1C1=C(c2ccccc2Cl)CCCc2cc(C(=O)O)ccc21. The van der Waals surface area contributed by atoms with Crippen LogP contribution in [-0.4, -0.2) is 16.2 Å². The number of aromatic carboxylic acids is 1. The largest absolute Gasteiger partial charge is 0.508 e. The van der Waals surface area contributed by atoms with Crippen LogP contribution in [0.5, 0.6) is 5.75 Å². The van der Waals surface area contributed by atoms with E-state index in [4.69, 9.17) is 11.6 Å². The molecule has 2 N–H and O–H groups in total. The van der Waals surface area contributed by atoms with Crippen molar-refractivity contribution >= 4 is 28.7 Å². The third-order valence-electron chi connectivity index (χ3n) is 5.49. The van der Waals surface area contributed by atoms with E-state index in [2.05, 4.69) is 0 Å². The molecular weight excluding hydrogens is 384 g/mol. The number of aromatic hydroxyl groups is 1. The number of rotatable bonds is 3. The highest BCUT2D eigenvalue weighted by molar-refractivity contribution is 6.32. The topological polar surface area (TPSA) is 57.5 Å². The fourth-order valence-electron chi connectivity index (χ4n) is 4.08. The van der Waals surface area contributed by atoms with Gasteiger partial charge >= 0.3 is 5.97 Å². The van der Waals surface area contributed by atoms with E-state index < -0.39 is 5.97 Å². The first-order valence-corrected chi connectivity index (χ1v) is 9.98. The Hall–Kier alpha value is -3.04. The van der Waals surface area contributed by atoms with Crippen LogP contribution in [0.25, 0.3) is 11.1 Å². The molecular formula is C25H21ClO3. The fraction of sp³-hybridized carbons (Fsp3) is 0.160. The van der Waals surface area contributed by atoms with E-state index in [1.165, 1.54) is 0 Å². The molecule has 0 bridgehead atoms. The number of carboxylic acids is 1. The minimum atomic E-state index is -0.928. The zero-order chi connectivity index (χ0) is 20.5. The molecule has 0 saturated carbocycles. The van der Waals surface area contributed by atoms with Crippen molar-refractivity contribution in [3.8, 4) is 5.75 Å². The number of aryl methyl sites for hydroxylation is 2. The number of phenolic OH excluding ortho intramolecular Hbond substituents is 1. The van der Waals surface area contributed by atoms with Crippen molar-refractivity contribution in [2.24, 2.45) is 0 Å². The first kappa shape index (κ1) is 19.3. The van der Waals surface area contributed by atoms with Crippen molar-refractivity contribution in [2.75, 3.05) is 0 Å². The molecule has 0 atom stereocenters. The van der Waals surface area contributed by atoms with Crippen LogP contribution in [0.3, 0.4) is 0 Å². The van der Waals surface area contributed by atoms with Crippen molar-refractivity contribution in [3.05, 3.63) is 99.1 Å². The predicted molar refractivity (Wildman–Crippen MR) is 117 cm³/mol. The third kappa shape index (κ3) is 3.66. The van der Waals surface area contributed by atoms with Gasteiger partial charge in [0.05, 0.1) is 5.56 Å². The summed E-state index contributed by atoms with van der Waals surface area (Å²) in [6.07, 6.45) is 2.48. The standard InChI is InChI=1S/C25H21ClO3/c1-15-9-11-18(27)14-22(15)24-19-12-10-17(25(28)29)13-16(19)5-4-7-21(24)20-6-2-3-8-23(20)26/h2-3,6,8-14,27H,4-5,7H2,1H3,(H,28,29). The van der Waals surface area contributed by atoms with Gasteiger partial charge in [0.1, 0.15) is 5.75 Å². The number of allylic oxidation sites excluding steroid dienone is 1. The van der Waals surface area contributed by atoms with E-state index in [0.29, 0.717) is 5.02 Å². The Kier molecular flexibility index (Phi) is 5.16. The Balaban J connectivity index is 2.07. The molecule has 0 aromatic heterocycles. The summed E-state index contributed by atoms with van der Waals surface area (Å²) in [5.41, 5.74) is 7.37. The molecule has 29 heavy (non-hydrogen) atoms. The van der Waals surface area contributed by atoms with Crippen LogP contribution in [0.1, 0.15) is 51.0 Å². The van der Waals surface area contributed by atoms with E-state index in [1.807, 2.05) is 43.3 Å². The Bertz CT molecular complexity index is 1140. The van der Waals surface area contributed by atoms with Gasteiger partial charge in [0.15, 0.2) is 0 Å². The Morgan fingerprint density at radius 2 is 1.72 bits per heavy atom. The summed E-state index contributed by atoms with van der Waals surface area (Å²) in [6.45, 7) is 2.02. The molecule has 0 amide bonds. The molecule has 0 saturated heterocycles. The van der Waals surface area contributed by atoms with Crippen molar-refractivity contribution in [1.29, 1.82) is 0 Å². The van der Waals surface area contributed by atoms with Crippen LogP contribution in [0, 0.1) is 6.92 Å². The highest BCUT2D eigenvalue weighted by Crippen LogP contribution is 2.43. The zero-order valence-corrected chi connectivity index (χ0v) is 16.8. The lowest BCUT2D eigenvalue weighted by Gasteiger charge is -2.19. The Morgan fingerprint density at radius 3 is 2.48 bits per heavy atom. The van der Waals surface area contributed by atoms with Gasteiger partial charge in [-0.25, -0.2) is 4.79 Å². The molecule has 0 heterocycles. The number of carbonyl (C=O) groups is 1. The predicted octanol–water partition coefficient (Wildman–Crippen LogP) is 6.35. The van der Waals surface area contributed by atoms with Gasteiger partial charge in [0.2, 0.25) is 0 Å². The molecule has 1 aliphatic rings. The third-order valence-corrected chi connectivity index (χ3v) is 5.82. The molecule has 3 nitrogen and oxygen atoms in total. The molecule has 0 spiro atoms. The summed E-state index contributed by atoms with van der Waals surface area (Å²) >= 11 is 6.57. The lowest BCUT2D eigenvalue weighted by Crippen LogP contribution is -2.02. The van der Waals surface area contributed by atoms with Crippen molar-refractivity contribution in [2.45, 2.75) is 26.2 Å². The van der Waals surface area contributed by atoms with Crippen molar-refractivity contribution < 1.29 is 15.0 Å². The van der Waals surface area contributed by atoms with Gasteiger partial charge in [-0.2, -0.15) is 0 Å². The lowest BCUT2D eigenvalue weighted by molar-refractivity contribution is 0.0696. The van der Waals surface area contributed by atoms with Gasteiger partial charge in [-0.3, -0.25) is 0 Å². The molecule has 3 aromatic carbocycles. The van der Waals surface area contributed by atoms with Crippen LogP contribution < -0.4 is 0 Å². The van der Waals surface area contributed by atoms with Gasteiger partial charge in [0, 0.05) is 5.02 Å². The minimum absolute atomic E-state index is 0.199. The van der Waals surface area contributed by atoms with E-state index in [9.17, 15) is 15.0 Å². The van der Waals surface area contributed by atoms with Gasteiger partial charge < -0.3 is 10.2 Å². The maximum absolute atomic E-state index is 11.5. The molecule has 0 fully saturated rings. The second kappa shape index (κ2) is 7.76. The molecule has 0 aliphatic heterocycles. The van der Waals surface area contributed by atoms with Crippen LogP contribution >= 0.6 is 11.6 Å². The molecule has 3 aromatic rings. The van der Waals surface area contributed by atoms with Crippen LogP contribution in [-0.2, 0) is 6.42 Å². The van der Waals surface area contributed by atoms with Crippen LogP contribution in [0.2, 0.25) is 5.02 Å². The first-order valence-electron chi connectivity index (χ1n) is 9.60. The molecule has 146 valence electrons. The number of phenols is 1. The quantitative estimate of drug-likeness (QED) is 0.534. The number of hydrogen-bond donors (Lipinski definition) is 2. The van der Waals surface area contributed by atoms with Gasteiger partial charge in [-0.15, -0.1) is 0 Å². The monoisotopic (exact) mass is 404 g/mol. The molecule has 4 heteroatoms. The highest BCUT2D eigenvalue weighted by Gasteiger charge is 2.23. The van der Waals surface area contributed by atoms with Crippen LogP contribution in [0.4, 0.5) is 0 Å². The summed E-state index contributed by atoms with van der Waals surface area (Å²) in [7, 11) is 0. The number of benzene rings is 3. The number of halogens is 1. The van der Waals surface area contributed by atoms with Crippen molar-refractivity contribution in [1.82, 2.24) is 0 Å². The van der Waals surface area contributed by atoms with Crippen molar-refractivity contribution in [3.63, 3.8) is 0 Å². The Morgan fingerprint density at radius 1 is 0.931 bits per heavy atom. The second-order valence-corrected chi connectivity index (χ2v) is 7.77. The second-order valence-electron chi connectivity index (χ2n) is 7.36. The Labute approximate surface area is 174 Å². The fourth-order valence-corrected chi connectivity index (χ4v) is 4.33. The zero-order valence-electron chi connectivity index (χ0n) is 16.1. The van der Waals surface area contributed by atoms with E-state index in [1.54, 1.807) is 24.3 Å². The molecule has 0 unspecified atom stereocenters. The summed E-state index contributed by atoms with van der Waals surface area (Å²) in [4.78, 5) is 11.5. The molecule has 4 rings (SSSR count). The summed E-state index contributed by atoms with van der Waals surface area (Å²) < 4.78 is 0. The normalized spacial score (nSPS) is 13.7. The van der Waals surface area contributed by atoms with Gasteiger partial charge in [-0.1, -0.05) is 41.9 Å². The average Bonchev–Trinajstić information content (AvgIpc) is 2.89. The number of carboxylic acid groups (broad SMARTS) is 1. The maximum atomic E-state index is 11.5. The highest BCUT2D eigenvalue weighted by atomic mass is 35.5. The van der Waals surface area contributed by atoms with Crippen LogP contribution in [0.15, 0.2) is 60.7 Å². The molecule has 0 radical (unpaired) electrons. The summed E-state index contributed by atoms with van der Waals surface area (Å²) in [5.74, 6) is -0.730. The summed E-state index contributed by atoms with van der Waals surface area (Å²) in [6, 6.07) is 18.5. The molecule has 1 aliphatic carbocycles. The smallest absolute Gasteiger partial charge is 0.335 e. The van der Waals surface area contributed by atoms with E-state index in [0.717, 1.165) is 58.2 Å². The van der Waals surface area contributed by atoms with E-state index >= 15 is 0 Å². The minimum Gasteiger partial charge on any atom is -0.508 e. The maximum Gasteiger partial charge on any atom is 0.335 e. The van der Waals surface area contributed by atoms with Gasteiger partial charge in [0.25, 0.3) is 0 Å². The summed E-state index contributed by atoms with van der Waals surface area (Å²) in [5, 5.41) is 20.3. The number of hydrogen-bond acceptors (Lipinski definition) is 2. The lowest BCUT2D eigenvalue weighted by atomic mass is 9.85.